The normalized spacial score (nSPS) is 17.1. The largest absolute Gasteiger partial charge is 0.329 e. The van der Waals surface area contributed by atoms with Gasteiger partial charge in [-0.15, -0.1) is 0 Å². The number of rotatable bonds is 5. The Morgan fingerprint density at radius 2 is 1.64 bits per heavy atom. The standard InChI is InChI=1S/C24H23F2N3O3S/c1-28-13-14-29(23(16-28)17-5-3-2-4-6-17)24(30)18-7-9-19(10-8-18)27-33(31,32)20-11-12-21(25)22(26)15-20/h2-12,15,23,27H,13-14,16H2,1H3. The molecular weight excluding hydrogens is 448 g/mol. The summed E-state index contributed by atoms with van der Waals surface area (Å²) in [7, 11) is -2.10. The fourth-order valence-electron chi connectivity index (χ4n) is 3.83. The number of sulfonamides is 1. The predicted octanol–water partition coefficient (Wildman–Crippen LogP) is 3.89. The van der Waals surface area contributed by atoms with Gasteiger partial charge in [-0.1, -0.05) is 30.3 Å². The van der Waals surface area contributed by atoms with Gasteiger partial charge in [0.05, 0.1) is 10.9 Å². The van der Waals surface area contributed by atoms with Crippen LogP contribution in [0.15, 0.2) is 77.7 Å². The van der Waals surface area contributed by atoms with E-state index in [4.69, 9.17) is 0 Å². The van der Waals surface area contributed by atoms with Gasteiger partial charge in [0.15, 0.2) is 11.6 Å². The number of anilines is 1. The van der Waals surface area contributed by atoms with E-state index in [-0.39, 0.29) is 17.6 Å². The van der Waals surface area contributed by atoms with E-state index < -0.39 is 26.6 Å². The van der Waals surface area contributed by atoms with Gasteiger partial charge in [-0.05, 0) is 55.1 Å². The molecule has 9 heteroatoms. The second-order valence-electron chi connectivity index (χ2n) is 7.95. The zero-order valence-corrected chi connectivity index (χ0v) is 18.7. The molecule has 1 atom stereocenters. The molecule has 0 aromatic heterocycles. The zero-order valence-electron chi connectivity index (χ0n) is 17.9. The van der Waals surface area contributed by atoms with Crippen LogP contribution in [-0.4, -0.2) is 50.8 Å². The lowest BCUT2D eigenvalue weighted by atomic mass is 10.0. The van der Waals surface area contributed by atoms with Crippen molar-refractivity contribution >= 4 is 21.6 Å². The van der Waals surface area contributed by atoms with Crippen molar-refractivity contribution in [1.82, 2.24) is 9.80 Å². The molecule has 0 spiro atoms. The molecule has 4 rings (SSSR count). The molecule has 0 radical (unpaired) electrons. The predicted molar refractivity (Wildman–Crippen MR) is 121 cm³/mol. The van der Waals surface area contributed by atoms with Crippen LogP contribution < -0.4 is 4.72 Å². The average molecular weight is 472 g/mol. The van der Waals surface area contributed by atoms with Crippen LogP contribution in [0.25, 0.3) is 0 Å². The van der Waals surface area contributed by atoms with Crippen LogP contribution in [0.2, 0.25) is 0 Å². The van der Waals surface area contributed by atoms with Crippen LogP contribution in [-0.2, 0) is 10.0 Å². The van der Waals surface area contributed by atoms with Crippen molar-refractivity contribution in [2.24, 2.45) is 0 Å². The molecule has 1 unspecified atom stereocenters. The van der Waals surface area contributed by atoms with Crippen LogP contribution >= 0.6 is 0 Å². The number of benzene rings is 3. The van der Waals surface area contributed by atoms with E-state index in [9.17, 15) is 22.0 Å². The number of halogens is 2. The molecule has 0 bridgehead atoms. The van der Waals surface area contributed by atoms with Crippen molar-refractivity contribution in [2.45, 2.75) is 10.9 Å². The Bertz CT molecular complexity index is 1250. The quantitative estimate of drug-likeness (QED) is 0.613. The van der Waals surface area contributed by atoms with Crippen LogP contribution in [0.1, 0.15) is 22.0 Å². The molecule has 33 heavy (non-hydrogen) atoms. The maximum atomic E-state index is 13.4. The maximum absolute atomic E-state index is 13.4. The molecule has 1 aliphatic heterocycles. The number of piperazine rings is 1. The third kappa shape index (κ3) is 5.04. The van der Waals surface area contributed by atoms with Gasteiger partial charge in [-0.2, -0.15) is 0 Å². The molecule has 0 aliphatic carbocycles. The van der Waals surface area contributed by atoms with E-state index >= 15 is 0 Å². The third-order valence-corrected chi connectivity index (χ3v) is 6.99. The minimum Gasteiger partial charge on any atom is -0.329 e. The summed E-state index contributed by atoms with van der Waals surface area (Å²) in [4.78, 5) is 16.9. The highest BCUT2D eigenvalue weighted by atomic mass is 32.2. The number of amides is 1. The Morgan fingerprint density at radius 3 is 2.30 bits per heavy atom. The Labute approximate surface area is 191 Å². The van der Waals surface area contributed by atoms with Crippen molar-refractivity contribution in [3.05, 3.63) is 95.6 Å². The minimum atomic E-state index is -4.11. The highest BCUT2D eigenvalue weighted by Gasteiger charge is 2.30. The molecule has 3 aromatic carbocycles. The molecule has 3 aromatic rings. The van der Waals surface area contributed by atoms with Crippen LogP contribution in [0.4, 0.5) is 14.5 Å². The highest BCUT2D eigenvalue weighted by Crippen LogP contribution is 2.27. The first kappa shape index (κ1) is 22.9. The number of hydrogen-bond acceptors (Lipinski definition) is 4. The Hall–Kier alpha value is -3.30. The van der Waals surface area contributed by atoms with Gasteiger partial charge in [0, 0.05) is 30.9 Å². The number of nitrogens with one attached hydrogen (secondary N) is 1. The Balaban J connectivity index is 1.52. The fraction of sp³-hybridized carbons (Fsp3) is 0.208. The Morgan fingerprint density at radius 1 is 0.939 bits per heavy atom. The zero-order chi connectivity index (χ0) is 23.6. The summed E-state index contributed by atoms with van der Waals surface area (Å²) in [6.45, 7) is 2.03. The van der Waals surface area contributed by atoms with Gasteiger partial charge in [0.2, 0.25) is 0 Å². The first-order valence-corrected chi connectivity index (χ1v) is 11.9. The smallest absolute Gasteiger partial charge is 0.261 e. The summed E-state index contributed by atoms with van der Waals surface area (Å²) < 4.78 is 53.8. The molecule has 1 N–H and O–H groups in total. The van der Waals surface area contributed by atoms with Crippen molar-refractivity contribution in [2.75, 3.05) is 31.4 Å². The van der Waals surface area contributed by atoms with E-state index in [1.807, 2.05) is 42.3 Å². The summed E-state index contributed by atoms with van der Waals surface area (Å²) in [6.07, 6.45) is 0. The molecule has 1 fully saturated rings. The summed E-state index contributed by atoms with van der Waals surface area (Å²) >= 11 is 0. The lowest BCUT2D eigenvalue weighted by molar-refractivity contribution is 0.0498. The molecule has 6 nitrogen and oxygen atoms in total. The SMILES string of the molecule is CN1CCN(C(=O)c2ccc(NS(=O)(=O)c3ccc(F)c(F)c3)cc2)C(c2ccccc2)C1. The first-order valence-electron chi connectivity index (χ1n) is 10.4. The van der Waals surface area contributed by atoms with E-state index in [1.165, 1.54) is 12.1 Å². The number of nitrogens with zero attached hydrogens (tertiary/aromatic N) is 2. The van der Waals surface area contributed by atoms with Gasteiger partial charge in [0.25, 0.3) is 15.9 Å². The number of carbonyl (C=O) groups is 1. The Kier molecular flexibility index (Phi) is 6.44. The number of likely N-dealkylation sites (N-methyl/N-ethyl adjacent to an activating group) is 1. The molecule has 1 amide bonds. The highest BCUT2D eigenvalue weighted by molar-refractivity contribution is 7.92. The fourth-order valence-corrected chi connectivity index (χ4v) is 4.90. The number of hydrogen-bond donors (Lipinski definition) is 1. The molecule has 0 saturated carbocycles. The van der Waals surface area contributed by atoms with Gasteiger partial charge in [0.1, 0.15) is 0 Å². The summed E-state index contributed by atoms with van der Waals surface area (Å²) in [5.41, 5.74) is 1.68. The van der Waals surface area contributed by atoms with E-state index in [0.29, 0.717) is 24.7 Å². The van der Waals surface area contributed by atoms with E-state index in [1.54, 1.807) is 12.1 Å². The van der Waals surface area contributed by atoms with Crippen molar-refractivity contribution in [3.8, 4) is 0 Å². The van der Waals surface area contributed by atoms with Gasteiger partial charge in [-0.25, -0.2) is 17.2 Å². The maximum Gasteiger partial charge on any atom is 0.261 e. The molecule has 1 heterocycles. The summed E-state index contributed by atoms with van der Waals surface area (Å²) in [5.74, 6) is -2.53. The van der Waals surface area contributed by atoms with Crippen molar-refractivity contribution < 1.29 is 22.0 Å². The molecule has 1 saturated heterocycles. The third-order valence-electron chi connectivity index (χ3n) is 5.61. The average Bonchev–Trinajstić information content (AvgIpc) is 2.81. The first-order chi connectivity index (χ1) is 15.7. The van der Waals surface area contributed by atoms with E-state index in [2.05, 4.69) is 9.62 Å². The minimum absolute atomic E-state index is 0.0935. The van der Waals surface area contributed by atoms with Gasteiger partial charge < -0.3 is 9.80 Å². The summed E-state index contributed by atoms with van der Waals surface area (Å²) in [6, 6.07) is 18.1. The van der Waals surface area contributed by atoms with Crippen LogP contribution in [0.3, 0.4) is 0 Å². The second kappa shape index (κ2) is 9.29. The monoisotopic (exact) mass is 471 g/mol. The second-order valence-corrected chi connectivity index (χ2v) is 9.63. The summed E-state index contributed by atoms with van der Waals surface area (Å²) in [5, 5.41) is 0. The molecule has 1 aliphatic rings. The van der Waals surface area contributed by atoms with Crippen molar-refractivity contribution in [3.63, 3.8) is 0 Å². The topological polar surface area (TPSA) is 69.7 Å². The molecular formula is C24H23F2N3O3S. The van der Waals surface area contributed by atoms with Crippen LogP contribution in [0, 0.1) is 11.6 Å². The molecule has 172 valence electrons. The van der Waals surface area contributed by atoms with Crippen LogP contribution in [0.5, 0.6) is 0 Å². The van der Waals surface area contributed by atoms with Crippen molar-refractivity contribution in [1.29, 1.82) is 0 Å². The van der Waals surface area contributed by atoms with Gasteiger partial charge in [-0.3, -0.25) is 9.52 Å². The van der Waals surface area contributed by atoms with Gasteiger partial charge >= 0.3 is 0 Å². The lowest BCUT2D eigenvalue weighted by Gasteiger charge is -2.40. The number of carbonyl (C=O) groups excluding carboxylic acids is 1. The lowest BCUT2D eigenvalue weighted by Crippen LogP contribution is -2.49. The van der Waals surface area contributed by atoms with E-state index in [0.717, 1.165) is 24.2 Å².